The monoisotopic (exact) mass is 477 g/mol. The SMILES string of the molecule is CC1CC(N(Cc2ccc(Cl)c(S(=O)(=O)/N=C/N(C)C)c2)S(C)(=O)=O)CC(C)(C)C1. The fraction of sp³-hybridized carbons (Fsp3) is 0.650. The van der Waals surface area contributed by atoms with Crippen molar-refractivity contribution in [3.05, 3.63) is 28.8 Å². The van der Waals surface area contributed by atoms with Crippen molar-refractivity contribution >= 4 is 38.0 Å². The molecule has 0 aromatic heterocycles. The van der Waals surface area contributed by atoms with Gasteiger partial charge in [0.15, 0.2) is 0 Å². The Bertz CT molecular complexity index is 1000. The third kappa shape index (κ3) is 6.67. The minimum absolute atomic E-state index is 0.0423. The molecule has 1 aromatic carbocycles. The van der Waals surface area contributed by atoms with E-state index in [1.165, 1.54) is 33.9 Å². The number of halogens is 1. The lowest BCUT2D eigenvalue weighted by atomic mass is 9.70. The number of sulfonamides is 2. The molecule has 1 aromatic rings. The summed E-state index contributed by atoms with van der Waals surface area (Å²) in [6.45, 7) is 6.55. The van der Waals surface area contributed by atoms with E-state index in [9.17, 15) is 16.8 Å². The maximum Gasteiger partial charge on any atom is 0.285 e. The van der Waals surface area contributed by atoms with Gasteiger partial charge in [-0.2, -0.15) is 12.7 Å². The number of nitrogens with zero attached hydrogens (tertiary/aromatic N) is 3. The van der Waals surface area contributed by atoms with E-state index < -0.39 is 20.0 Å². The van der Waals surface area contributed by atoms with Crippen molar-refractivity contribution in [3.63, 3.8) is 0 Å². The van der Waals surface area contributed by atoms with E-state index in [0.29, 0.717) is 11.5 Å². The number of hydrogen-bond donors (Lipinski definition) is 0. The Kier molecular flexibility index (Phi) is 7.65. The lowest BCUT2D eigenvalue weighted by Gasteiger charge is -2.43. The van der Waals surface area contributed by atoms with Gasteiger partial charge in [0, 0.05) is 26.7 Å². The van der Waals surface area contributed by atoms with Crippen LogP contribution in [0.1, 0.15) is 45.6 Å². The summed E-state index contributed by atoms with van der Waals surface area (Å²) in [5.74, 6) is 0.407. The van der Waals surface area contributed by atoms with Crippen molar-refractivity contribution in [1.29, 1.82) is 0 Å². The van der Waals surface area contributed by atoms with Crippen LogP contribution in [0.3, 0.4) is 0 Å². The van der Waals surface area contributed by atoms with Gasteiger partial charge < -0.3 is 4.90 Å². The first-order valence-electron chi connectivity index (χ1n) is 9.83. The average Bonchev–Trinajstić information content (AvgIpc) is 2.56. The Labute approximate surface area is 186 Å². The molecule has 7 nitrogen and oxygen atoms in total. The summed E-state index contributed by atoms with van der Waals surface area (Å²) in [7, 11) is -4.18. The molecule has 2 rings (SSSR count). The second-order valence-electron chi connectivity index (χ2n) is 9.30. The predicted molar refractivity (Wildman–Crippen MR) is 122 cm³/mol. The highest BCUT2D eigenvalue weighted by atomic mass is 35.5. The standard InChI is InChI=1S/C20H32ClN3O4S2/c1-15-9-17(12-20(2,3)11-15)24(29(6,25)26)13-16-7-8-18(21)19(10-16)30(27,28)22-14-23(4)5/h7-8,10,14-15,17H,9,11-13H2,1-6H3/b22-14+. The van der Waals surface area contributed by atoms with E-state index in [-0.39, 0.29) is 27.9 Å². The van der Waals surface area contributed by atoms with Crippen LogP contribution in [0.15, 0.2) is 27.5 Å². The summed E-state index contributed by atoms with van der Waals surface area (Å²) < 4.78 is 55.6. The summed E-state index contributed by atoms with van der Waals surface area (Å²) in [6.07, 6.45) is 4.98. The van der Waals surface area contributed by atoms with E-state index >= 15 is 0 Å². The molecule has 1 saturated carbocycles. The maximum atomic E-state index is 12.6. The molecule has 170 valence electrons. The minimum Gasteiger partial charge on any atom is -0.368 e. The molecule has 1 aliphatic carbocycles. The summed E-state index contributed by atoms with van der Waals surface area (Å²) in [4.78, 5) is 1.37. The van der Waals surface area contributed by atoms with Crippen molar-refractivity contribution in [1.82, 2.24) is 9.21 Å². The first kappa shape index (κ1) is 25.1. The molecular formula is C20H32ClN3O4S2. The summed E-state index contributed by atoms with van der Waals surface area (Å²) in [6, 6.07) is 4.41. The van der Waals surface area contributed by atoms with Gasteiger partial charge in [0.25, 0.3) is 10.0 Å². The third-order valence-electron chi connectivity index (χ3n) is 5.23. The molecule has 10 heteroatoms. The van der Waals surface area contributed by atoms with Crippen molar-refractivity contribution in [3.8, 4) is 0 Å². The van der Waals surface area contributed by atoms with Gasteiger partial charge >= 0.3 is 0 Å². The highest BCUT2D eigenvalue weighted by Gasteiger charge is 2.38. The van der Waals surface area contributed by atoms with Crippen LogP contribution >= 0.6 is 11.6 Å². The molecule has 1 fully saturated rings. The van der Waals surface area contributed by atoms with E-state index in [2.05, 4.69) is 25.2 Å². The summed E-state index contributed by atoms with van der Waals surface area (Å²) >= 11 is 6.13. The van der Waals surface area contributed by atoms with E-state index in [1.54, 1.807) is 20.2 Å². The Morgan fingerprint density at radius 1 is 1.20 bits per heavy atom. The van der Waals surface area contributed by atoms with Gasteiger partial charge in [-0.25, -0.2) is 8.42 Å². The Morgan fingerprint density at radius 2 is 1.83 bits per heavy atom. The molecule has 0 radical (unpaired) electrons. The first-order valence-corrected chi connectivity index (χ1v) is 13.5. The lowest BCUT2D eigenvalue weighted by Crippen LogP contribution is -2.45. The number of benzene rings is 1. The van der Waals surface area contributed by atoms with Crippen LogP contribution < -0.4 is 0 Å². The normalized spacial score (nSPS) is 22.5. The fourth-order valence-corrected chi connectivity index (χ4v) is 6.81. The molecule has 0 spiro atoms. The molecule has 0 saturated heterocycles. The second kappa shape index (κ2) is 9.14. The third-order valence-corrected chi connectivity index (χ3v) is 8.21. The average molecular weight is 478 g/mol. The second-order valence-corrected chi connectivity index (χ2v) is 13.2. The van der Waals surface area contributed by atoms with Crippen molar-refractivity contribution in [2.45, 2.75) is 57.5 Å². The highest BCUT2D eigenvalue weighted by Crippen LogP contribution is 2.41. The van der Waals surface area contributed by atoms with Gasteiger partial charge in [0.05, 0.1) is 11.3 Å². The predicted octanol–water partition coefficient (Wildman–Crippen LogP) is 3.60. The molecule has 0 N–H and O–H groups in total. The van der Waals surface area contributed by atoms with Gasteiger partial charge in [-0.05, 0) is 48.3 Å². The quantitative estimate of drug-likeness (QED) is 0.442. The smallest absolute Gasteiger partial charge is 0.285 e. The van der Waals surface area contributed by atoms with Gasteiger partial charge in [0.2, 0.25) is 10.0 Å². The topological polar surface area (TPSA) is 87.1 Å². The first-order chi connectivity index (χ1) is 13.6. The van der Waals surface area contributed by atoms with Gasteiger partial charge in [-0.1, -0.05) is 38.4 Å². The van der Waals surface area contributed by atoms with Crippen LogP contribution in [-0.4, -0.2) is 58.8 Å². The van der Waals surface area contributed by atoms with Gasteiger partial charge in [-0.3, -0.25) is 0 Å². The van der Waals surface area contributed by atoms with Crippen LogP contribution in [0.25, 0.3) is 0 Å². The molecule has 0 heterocycles. The summed E-state index contributed by atoms with van der Waals surface area (Å²) in [5.41, 5.74) is 0.597. The van der Waals surface area contributed by atoms with Gasteiger partial charge in [-0.15, -0.1) is 4.40 Å². The van der Waals surface area contributed by atoms with Crippen LogP contribution in [0, 0.1) is 11.3 Å². The zero-order valence-electron chi connectivity index (χ0n) is 18.5. The zero-order chi connectivity index (χ0) is 22.9. The van der Waals surface area contributed by atoms with Crippen LogP contribution in [0.5, 0.6) is 0 Å². The molecule has 2 unspecified atom stereocenters. The molecular weight excluding hydrogens is 446 g/mol. The minimum atomic E-state index is -4.00. The molecule has 0 amide bonds. The van der Waals surface area contributed by atoms with Crippen LogP contribution in [0.4, 0.5) is 0 Å². The Morgan fingerprint density at radius 3 is 2.37 bits per heavy atom. The summed E-state index contributed by atoms with van der Waals surface area (Å²) in [5, 5.41) is 0.0491. The Hall–Kier alpha value is -1.16. The molecule has 0 bridgehead atoms. The van der Waals surface area contributed by atoms with Crippen molar-refractivity contribution < 1.29 is 16.8 Å². The number of rotatable bonds is 7. The lowest BCUT2D eigenvalue weighted by molar-refractivity contribution is 0.109. The van der Waals surface area contributed by atoms with E-state index in [1.807, 2.05) is 0 Å². The fourth-order valence-electron chi connectivity index (χ4n) is 4.27. The molecule has 2 atom stereocenters. The van der Waals surface area contributed by atoms with E-state index in [4.69, 9.17) is 11.6 Å². The van der Waals surface area contributed by atoms with Crippen molar-refractivity contribution in [2.75, 3.05) is 20.4 Å². The van der Waals surface area contributed by atoms with Crippen LogP contribution in [0.2, 0.25) is 5.02 Å². The Balaban J connectivity index is 2.41. The van der Waals surface area contributed by atoms with Crippen molar-refractivity contribution in [2.24, 2.45) is 15.7 Å². The molecule has 1 aliphatic rings. The zero-order valence-corrected chi connectivity index (χ0v) is 20.9. The molecule has 0 aliphatic heterocycles. The maximum absolute atomic E-state index is 12.6. The highest BCUT2D eigenvalue weighted by molar-refractivity contribution is 7.90. The van der Waals surface area contributed by atoms with Gasteiger partial charge in [0.1, 0.15) is 11.2 Å². The van der Waals surface area contributed by atoms with Crippen LogP contribution in [-0.2, 0) is 26.6 Å². The number of hydrogen-bond acceptors (Lipinski definition) is 4. The largest absolute Gasteiger partial charge is 0.368 e. The molecule has 30 heavy (non-hydrogen) atoms. The van der Waals surface area contributed by atoms with E-state index in [0.717, 1.165) is 19.3 Å².